The number of nitro groups is 1. The summed E-state index contributed by atoms with van der Waals surface area (Å²) in [4.78, 5) is 10.3. The van der Waals surface area contributed by atoms with Crippen LogP contribution in [-0.4, -0.2) is 4.92 Å². The summed E-state index contributed by atoms with van der Waals surface area (Å²) in [5.74, 6) is 0. The third-order valence-corrected chi connectivity index (χ3v) is 6.32. The summed E-state index contributed by atoms with van der Waals surface area (Å²) >= 11 is 3.38. The van der Waals surface area contributed by atoms with Gasteiger partial charge in [-0.3, -0.25) is 10.1 Å². The van der Waals surface area contributed by atoms with Gasteiger partial charge < -0.3 is 11.5 Å². The largest absolute Gasteiger partial charge is 0.398 e. The number of fused-ring (bicyclic) bond motifs is 2. The van der Waals surface area contributed by atoms with Gasteiger partial charge in [-0.25, -0.2) is 0 Å². The van der Waals surface area contributed by atoms with Gasteiger partial charge in [0.1, 0.15) is 5.69 Å². The summed E-state index contributed by atoms with van der Waals surface area (Å²) in [5.41, 5.74) is 19.4. The van der Waals surface area contributed by atoms with E-state index in [9.17, 15) is 10.1 Å². The minimum atomic E-state index is -0.422. The zero-order valence-corrected chi connectivity index (χ0v) is 17.3. The number of halogens is 1. The number of nitrogen functional groups attached to an aromatic ring is 2. The lowest BCUT2D eigenvalue weighted by atomic mass is 9.89. The Balaban J connectivity index is 0.000000159. The van der Waals surface area contributed by atoms with Crippen molar-refractivity contribution < 1.29 is 4.92 Å². The topological polar surface area (TPSA) is 95.2 Å². The summed E-state index contributed by atoms with van der Waals surface area (Å²) in [7, 11) is 0. The first-order valence-electron chi connectivity index (χ1n) is 9.51. The first-order chi connectivity index (χ1) is 12.9. The van der Waals surface area contributed by atoms with Crippen molar-refractivity contribution in [3.05, 3.63) is 60.6 Å². The van der Waals surface area contributed by atoms with Crippen molar-refractivity contribution >= 4 is 33.0 Å². The van der Waals surface area contributed by atoms with Crippen LogP contribution in [0.5, 0.6) is 0 Å². The molecule has 0 atom stereocenters. The maximum Gasteiger partial charge on any atom is 0.293 e. The van der Waals surface area contributed by atoms with Crippen molar-refractivity contribution in [2.75, 3.05) is 11.5 Å². The smallest absolute Gasteiger partial charge is 0.293 e. The van der Waals surface area contributed by atoms with Crippen LogP contribution in [0.4, 0.5) is 17.1 Å². The van der Waals surface area contributed by atoms with Crippen molar-refractivity contribution in [3.8, 4) is 0 Å². The van der Waals surface area contributed by atoms with Crippen LogP contribution in [0.25, 0.3) is 0 Å². The van der Waals surface area contributed by atoms with Crippen LogP contribution in [0, 0.1) is 17.0 Å². The summed E-state index contributed by atoms with van der Waals surface area (Å²) in [5, 5.41) is 10.8. The van der Waals surface area contributed by atoms with E-state index in [1.807, 2.05) is 0 Å². The Kier molecular flexibility index (Phi) is 6.05. The van der Waals surface area contributed by atoms with Gasteiger partial charge in [-0.1, -0.05) is 28.1 Å². The number of nitrogens with zero attached hydrogens (tertiary/aromatic N) is 1. The van der Waals surface area contributed by atoms with Gasteiger partial charge in [0.25, 0.3) is 5.69 Å². The van der Waals surface area contributed by atoms with E-state index in [4.69, 9.17) is 11.5 Å². The predicted molar refractivity (Wildman–Crippen MR) is 114 cm³/mol. The van der Waals surface area contributed by atoms with Gasteiger partial charge in [-0.2, -0.15) is 0 Å². The highest BCUT2D eigenvalue weighted by Gasteiger charge is 2.23. The van der Waals surface area contributed by atoms with Crippen LogP contribution in [0.1, 0.15) is 53.5 Å². The number of nitrogens with two attached hydrogens (primary N) is 2. The van der Waals surface area contributed by atoms with Crippen LogP contribution < -0.4 is 11.5 Å². The Labute approximate surface area is 168 Å². The molecule has 2 aromatic rings. The number of hydrogen-bond donors (Lipinski definition) is 2. The number of hydrogen-bond acceptors (Lipinski definition) is 4. The molecule has 0 unspecified atom stereocenters. The second-order valence-electron chi connectivity index (χ2n) is 7.35. The van der Waals surface area contributed by atoms with E-state index in [0.717, 1.165) is 47.0 Å². The van der Waals surface area contributed by atoms with Gasteiger partial charge in [0, 0.05) is 16.2 Å². The fourth-order valence-electron chi connectivity index (χ4n) is 4.03. The van der Waals surface area contributed by atoms with E-state index in [1.54, 1.807) is 0 Å². The van der Waals surface area contributed by atoms with Gasteiger partial charge in [0.05, 0.1) is 4.92 Å². The lowest BCUT2D eigenvalue weighted by Crippen LogP contribution is -2.09. The maximum absolute atomic E-state index is 10.8. The standard InChI is InChI=1S/C11H15N.C10H11BrN2O2/c1-8-6-7-9-4-2-3-5-10(9)11(8)12;11-8-5-9(13(14)15)10(12)7-4-2-1-3-6(7)8/h6-7H,2-5,12H2,1H3;5H,1-4,12H2. The quantitative estimate of drug-likeness (QED) is 0.364. The molecule has 0 amide bonds. The van der Waals surface area contributed by atoms with E-state index in [1.165, 1.54) is 48.4 Å². The molecular weight excluding hydrogens is 406 g/mol. The van der Waals surface area contributed by atoms with Gasteiger partial charge in [-0.15, -0.1) is 0 Å². The Bertz CT molecular complexity index is 880. The summed E-state index contributed by atoms with van der Waals surface area (Å²) in [6.07, 6.45) is 9.03. The zero-order valence-electron chi connectivity index (χ0n) is 15.7. The number of benzene rings is 2. The molecule has 2 aromatic carbocycles. The minimum Gasteiger partial charge on any atom is -0.398 e. The second-order valence-corrected chi connectivity index (χ2v) is 8.21. The third-order valence-electron chi connectivity index (χ3n) is 5.61. The molecule has 2 aliphatic carbocycles. The first kappa shape index (κ1) is 19.7. The third kappa shape index (κ3) is 4.10. The molecule has 5 nitrogen and oxygen atoms in total. The summed E-state index contributed by atoms with van der Waals surface area (Å²) in [6, 6.07) is 5.89. The first-order valence-corrected chi connectivity index (χ1v) is 10.3. The number of aryl methyl sites for hydroxylation is 2. The van der Waals surface area contributed by atoms with Crippen molar-refractivity contribution in [3.63, 3.8) is 0 Å². The zero-order chi connectivity index (χ0) is 19.6. The van der Waals surface area contributed by atoms with Gasteiger partial charge in [0.2, 0.25) is 0 Å². The molecule has 0 spiro atoms. The normalized spacial score (nSPS) is 15.2. The molecule has 4 N–H and O–H groups in total. The van der Waals surface area contributed by atoms with E-state index < -0.39 is 4.92 Å². The van der Waals surface area contributed by atoms with E-state index >= 15 is 0 Å². The van der Waals surface area contributed by atoms with E-state index in [0.29, 0.717) is 5.69 Å². The summed E-state index contributed by atoms with van der Waals surface area (Å²) in [6.45, 7) is 2.09. The highest BCUT2D eigenvalue weighted by Crippen LogP contribution is 2.38. The monoisotopic (exact) mass is 431 g/mol. The molecule has 0 fully saturated rings. The van der Waals surface area contributed by atoms with Crippen molar-refractivity contribution in [2.24, 2.45) is 0 Å². The second kappa shape index (κ2) is 8.30. The van der Waals surface area contributed by atoms with Crippen molar-refractivity contribution in [2.45, 2.75) is 58.3 Å². The Hall–Kier alpha value is -2.08. The Morgan fingerprint density at radius 1 is 0.926 bits per heavy atom. The molecule has 6 heteroatoms. The fraction of sp³-hybridized carbons (Fsp3) is 0.429. The van der Waals surface area contributed by atoms with Gasteiger partial charge in [0.15, 0.2) is 0 Å². The molecule has 0 aromatic heterocycles. The fourth-order valence-corrected chi connectivity index (χ4v) is 4.68. The molecule has 0 bridgehead atoms. The molecule has 0 aliphatic heterocycles. The summed E-state index contributed by atoms with van der Waals surface area (Å²) < 4.78 is 0.818. The maximum atomic E-state index is 10.8. The van der Waals surface area contributed by atoms with Gasteiger partial charge in [-0.05, 0) is 86.1 Å². The van der Waals surface area contributed by atoms with Crippen LogP contribution in [0.2, 0.25) is 0 Å². The molecular formula is C21H26BrN3O2. The molecule has 4 rings (SSSR count). The molecule has 27 heavy (non-hydrogen) atoms. The molecule has 0 saturated carbocycles. The lowest BCUT2D eigenvalue weighted by Gasteiger charge is -2.18. The molecule has 0 heterocycles. The Morgan fingerprint density at radius 3 is 2.19 bits per heavy atom. The molecule has 0 radical (unpaired) electrons. The van der Waals surface area contributed by atoms with Crippen LogP contribution >= 0.6 is 15.9 Å². The van der Waals surface area contributed by atoms with Crippen molar-refractivity contribution in [1.82, 2.24) is 0 Å². The Morgan fingerprint density at radius 2 is 1.52 bits per heavy atom. The van der Waals surface area contributed by atoms with Gasteiger partial charge >= 0.3 is 0 Å². The SMILES string of the molecule is Cc1ccc2c(c1N)CCCC2.Nc1c([N+](=O)[O-])cc(Br)c2c1CCCC2. The van der Waals surface area contributed by atoms with E-state index in [-0.39, 0.29) is 5.69 Å². The lowest BCUT2D eigenvalue weighted by molar-refractivity contribution is -0.384. The average molecular weight is 432 g/mol. The predicted octanol–water partition coefficient (Wildman–Crippen LogP) is 5.27. The molecule has 2 aliphatic rings. The average Bonchev–Trinajstić information content (AvgIpc) is 2.68. The molecule has 0 saturated heterocycles. The van der Waals surface area contributed by atoms with Crippen LogP contribution in [0.15, 0.2) is 22.7 Å². The number of anilines is 2. The molecule has 144 valence electrons. The number of rotatable bonds is 1. The highest BCUT2D eigenvalue weighted by molar-refractivity contribution is 9.10. The van der Waals surface area contributed by atoms with Crippen molar-refractivity contribution in [1.29, 1.82) is 0 Å². The van der Waals surface area contributed by atoms with Crippen LogP contribution in [-0.2, 0) is 25.7 Å². The number of nitro benzene ring substituents is 1. The van der Waals surface area contributed by atoms with Crippen LogP contribution in [0.3, 0.4) is 0 Å². The highest BCUT2D eigenvalue weighted by atomic mass is 79.9. The minimum absolute atomic E-state index is 0.0162. The van der Waals surface area contributed by atoms with E-state index in [2.05, 4.69) is 35.0 Å².